The van der Waals surface area contributed by atoms with Crippen LogP contribution in [0.4, 0.5) is 0 Å². The van der Waals surface area contributed by atoms with Crippen LogP contribution in [0, 0.1) is 0 Å². The summed E-state index contributed by atoms with van der Waals surface area (Å²) in [5.74, 6) is 0. The number of aliphatic hydroxyl groups excluding tert-OH is 2. The lowest BCUT2D eigenvalue weighted by molar-refractivity contribution is 0.159. The summed E-state index contributed by atoms with van der Waals surface area (Å²) >= 11 is 0. The number of hydrogen-bond acceptors (Lipinski definition) is 3. The van der Waals surface area contributed by atoms with Gasteiger partial charge in [-0.05, 0) is 19.4 Å². The average Bonchev–Trinajstić information content (AvgIpc) is 1.98. The largest absolute Gasteiger partial charge is 0.395 e. The van der Waals surface area contributed by atoms with E-state index >= 15 is 0 Å². The fourth-order valence-corrected chi connectivity index (χ4v) is 0.677. The summed E-state index contributed by atoms with van der Waals surface area (Å²) in [6, 6.07) is 0. The summed E-state index contributed by atoms with van der Waals surface area (Å²) in [6.07, 6.45) is 1.39. The van der Waals surface area contributed by atoms with Gasteiger partial charge < -0.3 is 15.5 Å². The molecule has 3 heteroatoms. The van der Waals surface area contributed by atoms with Gasteiger partial charge in [0.25, 0.3) is 0 Å². The summed E-state index contributed by atoms with van der Waals surface area (Å²) < 4.78 is 0. The molecular weight excluding hydrogens is 130 g/mol. The maximum Gasteiger partial charge on any atom is 0.0555 e. The van der Waals surface area contributed by atoms with Crippen LogP contribution in [0.3, 0.4) is 0 Å². The van der Waals surface area contributed by atoms with Crippen LogP contribution in [0.15, 0.2) is 0 Å². The smallest absolute Gasteiger partial charge is 0.0555 e. The van der Waals surface area contributed by atoms with Crippen molar-refractivity contribution in [1.82, 2.24) is 5.32 Å². The van der Waals surface area contributed by atoms with E-state index in [9.17, 15) is 0 Å². The molecule has 0 amide bonds. The lowest BCUT2D eigenvalue weighted by atomic mass is 10.2. The Morgan fingerprint density at radius 2 is 2.10 bits per heavy atom. The summed E-state index contributed by atoms with van der Waals surface area (Å²) in [5.41, 5.74) is 0. The Morgan fingerprint density at radius 1 is 1.40 bits per heavy atom. The number of aliphatic hydroxyl groups is 2. The molecule has 1 atom stereocenters. The van der Waals surface area contributed by atoms with E-state index in [1.165, 1.54) is 0 Å². The van der Waals surface area contributed by atoms with Crippen LogP contribution in [-0.4, -0.2) is 36.0 Å². The molecule has 0 aromatic heterocycles. The van der Waals surface area contributed by atoms with Crippen LogP contribution in [0.1, 0.15) is 19.8 Å². The second-order valence-corrected chi connectivity index (χ2v) is 2.32. The Kier molecular flexibility index (Phi) is 6.91. The molecule has 0 saturated heterocycles. The first-order valence-electron chi connectivity index (χ1n) is 3.81. The highest BCUT2D eigenvalue weighted by atomic mass is 16.3. The van der Waals surface area contributed by atoms with Gasteiger partial charge in [0.2, 0.25) is 0 Å². The van der Waals surface area contributed by atoms with Gasteiger partial charge in [-0.15, -0.1) is 0 Å². The minimum Gasteiger partial charge on any atom is -0.395 e. The third-order valence-corrected chi connectivity index (χ3v) is 1.41. The monoisotopic (exact) mass is 147 g/mol. The predicted octanol–water partition coefficient (Wildman–Crippen LogP) is -0.271. The topological polar surface area (TPSA) is 52.5 Å². The zero-order chi connectivity index (χ0) is 7.82. The van der Waals surface area contributed by atoms with Crippen molar-refractivity contribution in [3.63, 3.8) is 0 Å². The number of hydrogen-bond donors (Lipinski definition) is 3. The standard InChI is InChI=1S/C7H17NO2/c1-2-7(10)3-4-8-5-6-9/h7-10H,2-6H2,1H3. The van der Waals surface area contributed by atoms with E-state index in [1.807, 2.05) is 6.92 Å². The maximum atomic E-state index is 9.05. The Bertz CT molecular complexity index is 68.6. The SMILES string of the molecule is CCC(O)CCNCCO. The highest BCUT2D eigenvalue weighted by Gasteiger charge is 1.97. The molecule has 0 heterocycles. The number of nitrogens with one attached hydrogen (secondary N) is 1. The van der Waals surface area contributed by atoms with Gasteiger partial charge in [-0.3, -0.25) is 0 Å². The highest BCUT2D eigenvalue weighted by molar-refractivity contribution is 4.54. The van der Waals surface area contributed by atoms with Gasteiger partial charge in [-0.2, -0.15) is 0 Å². The molecule has 62 valence electrons. The molecule has 0 spiro atoms. The van der Waals surface area contributed by atoms with Crippen LogP contribution in [0.5, 0.6) is 0 Å². The Morgan fingerprint density at radius 3 is 2.60 bits per heavy atom. The van der Waals surface area contributed by atoms with Crippen molar-refractivity contribution in [3.8, 4) is 0 Å². The molecule has 1 unspecified atom stereocenters. The Balaban J connectivity index is 2.89. The first-order chi connectivity index (χ1) is 4.81. The first kappa shape index (κ1) is 9.88. The molecule has 3 nitrogen and oxygen atoms in total. The van der Waals surface area contributed by atoms with E-state index in [0.717, 1.165) is 19.4 Å². The van der Waals surface area contributed by atoms with Crippen molar-refractivity contribution in [1.29, 1.82) is 0 Å². The molecule has 0 aliphatic carbocycles. The molecule has 3 N–H and O–H groups in total. The molecule has 10 heavy (non-hydrogen) atoms. The lowest BCUT2D eigenvalue weighted by Gasteiger charge is -2.06. The van der Waals surface area contributed by atoms with Crippen molar-refractivity contribution < 1.29 is 10.2 Å². The molecule has 0 saturated carbocycles. The fourth-order valence-electron chi connectivity index (χ4n) is 0.677. The molecule has 0 aromatic carbocycles. The fraction of sp³-hybridized carbons (Fsp3) is 1.00. The molecule has 0 rings (SSSR count). The van der Waals surface area contributed by atoms with E-state index in [4.69, 9.17) is 10.2 Å². The first-order valence-corrected chi connectivity index (χ1v) is 3.81. The molecule has 0 aliphatic rings. The second kappa shape index (κ2) is 6.99. The van der Waals surface area contributed by atoms with E-state index in [2.05, 4.69) is 5.32 Å². The second-order valence-electron chi connectivity index (χ2n) is 2.32. The van der Waals surface area contributed by atoms with Crippen molar-refractivity contribution in [2.45, 2.75) is 25.9 Å². The molecular formula is C7H17NO2. The predicted molar refractivity (Wildman–Crippen MR) is 40.9 cm³/mol. The molecule has 0 bridgehead atoms. The summed E-state index contributed by atoms with van der Waals surface area (Å²) in [4.78, 5) is 0. The van der Waals surface area contributed by atoms with Crippen molar-refractivity contribution in [3.05, 3.63) is 0 Å². The summed E-state index contributed by atoms with van der Waals surface area (Å²) in [7, 11) is 0. The third-order valence-electron chi connectivity index (χ3n) is 1.41. The quantitative estimate of drug-likeness (QED) is 0.453. The van der Waals surface area contributed by atoms with E-state index in [-0.39, 0.29) is 12.7 Å². The molecule has 0 aromatic rings. The van der Waals surface area contributed by atoms with E-state index in [0.29, 0.717) is 6.54 Å². The van der Waals surface area contributed by atoms with Crippen LogP contribution in [0.25, 0.3) is 0 Å². The van der Waals surface area contributed by atoms with Crippen molar-refractivity contribution in [2.75, 3.05) is 19.7 Å². The molecule has 0 aliphatic heterocycles. The van der Waals surface area contributed by atoms with E-state index in [1.54, 1.807) is 0 Å². The minimum atomic E-state index is -0.189. The average molecular weight is 147 g/mol. The zero-order valence-corrected chi connectivity index (χ0v) is 6.51. The third kappa shape index (κ3) is 6.01. The summed E-state index contributed by atoms with van der Waals surface area (Å²) in [6.45, 7) is 3.53. The highest BCUT2D eigenvalue weighted by Crippen LogP contribution is 1.93. The minimum absolute atomic E-state index is 0.169. The van der Waals surface area contributed by atoms with Gasteiger partial charge in [0, 0.05) is 6.54 Å². The zero-order valence-electron chi connectivity index (χ0n) is 6.51. The van der Waals surface area contributed by atoms with Gasteiger partial charge in [0.15, 0.2) is 0 Å². The van der Waals surface area contributed by atoms with Gasteiger partial charge >= 0.3 is 0 Å². The summed E-state index contributed by atoms with van der Waals surface area (Å²) in [5, 5.41) is 20.4. The van der Waals surface area contributed by atoms with Crippen molar-refractivity contribution >= 4 is 0 Å². The normalized spacial score (nSPS) is 13.5. The lowest BCUT2D eigenvalue weighted by Crippen LogP contribution is -2.22. The van der Waals surface area contributed by atoms with Gasteiger partial charge in [0.05, 0.1) is 12.7 Å². The van der Waals surface area contributed by atoms with Crippen LogP contribution < -0.4 is 5.32 Å². The molecule has 0 fully saturated rings. The van der Waals surface area contributed by atoms with Crippen LogP contribution in [-0.2, 0) is 0 Å². The van der Waals surface area contributed by atoms with E-state index < -0.39 is 0 Å². The maximum absolute atomic E-state index is 9.05. The van der Waals surface area contributed by atoms with Crippen molar-refractivity contribution in [2.24, 2.45) is 0 Å². The van der Waals surface area contributed by atoms with Crippen LogP contribution >= 0.6 is 0 Å². The Hall–Kier alpha value is -0.120. The van der Waals surface area contributed by atoms with Gasteiger partial charge in [0.1, 0.15) is 0 Å². The van der Waals surface area contributed by atoms with Gasteiger partial charge in [-0.25, -0.2) is 0 Å². The van der Waals surface area contributed by atoms with Gasteiger partial charge in [-0.1, -0.05) is 6.92 Å². The van der Waals surface area contributed by atoms with Crippen LogP contribution in [0.2, 0.25) is 0 Å². The molecule has 0 radical (unpaired) electrons. The Labute approximate surface area is 62.1 Å². The number of rotatable bonds is 6.